The van der Waals surface area contributed by atoms with Crippen molar-refractivity contribution in [1.29, 1.82) is 0 Å². The molecular weight excluding hydrogens is 513 g/mol. The van der Waals surface area contributed by atoms with Crippen molar-refractivity contribution < 1.29 is 4.57 Å². The molecule has 0 amide bonds. The summed E-state index contributed by atoms with van der Waals surface area (Å²) in [5.74, 6) is 0.869. The second-order valence-corrected chi connectivity index (χ2v) is 13.4. The van der Waals surface area contributed by atoms with E-state index in [0.717, 1.165) is 44.7 Å². The molecule has 6 nitrogen and oxygen atoms in total. The third-order valence-corrected chi connectivity index (χ3v) is 9.89. The largest absolute Gasteiger partial charge is 0.378 e. The average molecular weight is 546 g/mol. The van der Waals surface area contributed by atoms with Gasteiger partial charge in [-0.15, -0.1) is 0 Å². The van der Waals surface area contributed by atoms with Gasteiger partial charge in [0.05, 0.1) is 11.0 Å². The molecule has 0 saturated carbocycles. The molecule has 3 aromatic carbocycles. The van der Waals surface area contributed by atoms with Crippen molar-refractivity contribution in [3.63, 3.8) is 0 Å². The zero-order valence-corrected chi connectivity index (χ0v) is 24.3. The highest BCUT2D eigenvalue weighted by atomic mass is 31.2. The molecule has 0 bridgehead atoms. The second-order valence-electron chi connectivity index (χ2n) is 10.6. The van der Waals surface area contributed by atoms with Crippen molar-refractivity contribution in [2.45, 2.75) is 0 Å². The molecule has 3 heterocycles. The molecule has 40 heavy (non-hydrogen) atoms. The molecule has 200 valence electrons. The summed E-state index contributed by atoms with van der Waals surface area (Å²) in [5.41, 5.74) is 6.93. The van der Waals surface area contributed by atoms with Crippen LogP contribution in [0.1, 0.15) is 0 Å². The van der Waals surface area contributed by atoms with Gasteiger partial charge < -0.3 is 14.4 Å². The Morgan fingerprint density at radius 1 is 0.650 bits per heavy atom. The van der Waals surface area contributed by atoms with Crippen molar-refractivity contribution in [2.24, 2.45) is 0 Å². The van der Waals surface area contributed by atoms with Gasteiger partial charge in [0.25, 0.3) is 0 Å². The molecule has 6 rings (SSSR count). The Morgan fingerprint density at radius 2 is 1.32 bits per heavy atom. The molecule has 0 spiro atoms. The van der Waals surface area contributed by atoms with Crippen LogP contribution in [-0.2, 0) is 4.57 Å². The lowest BCUT2D eigenvalue weighted by Gasteiger charge is -2.18. The average Bonchev–Trinajstić information content (AvgIpc) is 3.31. The maximum absolute atomic E-state index is 14.1. The van der Waals surface area contributed by atoms with Gasteiger partial charge in [-0.25, -0.2) is 4.98 Å². The van der Waals surface area contributed by atoms with Gasteiger partial charge in [-0.1, -0.05) is 48.5 Å². The lowest BCUT2D eigenvalue weighted by atomic mass is 10.0. The Morgan fingerprint density at radius 3 is 2.10 bits per heavy atom. The fourth-order valence-electron chi connectivity index (χ4n) is 5.21. The zero-order chi connectivity index (χ0) is 28.0. The fourth-order valence-corrected chi connectivity index (χ4v) is 6.89. The number of para-hydroxylation sites is 1. The van der Waals surface area contributed by atoms with Crippen LogP contribution in [0.5, 0.6) is 0 Å². The number of nitrogens with zero attached hydrogens (tertiary/aromatic N) is 5. The predicted octanol–water partition coefficient (Wildman–Crippen LogP) is 6.32. The molecule has 0 N–H and O–H groups in total. The minimum Gasteiger partial charge on any atom is -0.378 e. The summed E-state index contributed by atoms with van der Waals surface area (Å²) in [7, 11) is 5.11. The first kappa shape index (κ1) is 25.8. The molecule has 0 aliphatic carbocycles. The van der Waals surface area contributed by atoms with Gasteiger partial charge in [0, 0.05) is 74.1 Å². The molecule has 0 aliphatic heterocycles. The minimum atomic E-state index is -2.91. The van der Waals surface area contributed by atoms with Crippen LogP contribution in [0.3, 0.4) is 0 Å². The van der Waals surface area contributed by atoms with E-state index in [1.54, 1.807) is 12.9 Å². The normalized spacial score (nSPS) is 12.9. The van der Waals surface area contributed by atoms with Crippen LogP contribution in [0.25, 0.3) is 38.8 Å². The van der Waals surface area contributed by atoms with Crippen LogP contribution < -0.4 is 20.5 Å². The summed E-state index contributed by atoms with van der Waals surface area (Å²) >= 11 is 0. The van der Waals surface area contributed by atoms with Gasteiger partial charge in [0.15, 0.2) is 7.14 Å². The number of pyridine rings is 2. The van der Waals surface area contributed by atoms with E-state index in [1.165, 1.54) is 10.8 Å². The number of hydrogen-bond donors (Lipinski definition) is 0. The van der Waals surface area contributed by atoms with Crippen molar-refractivity contribution in [3.8, 4) is 16.9 Å². The SMILES string of the molecule is CN(C)c1ccnc(-n2c3ccccc3c3ccc(-c4cccc(P(C)(=O)c5cc(N(C)C)ccn5)c4)cc32)c1. The Labute approximate surface area is 234 Å². The Balaban J connectivity index is 1.50. The van der Waals surface area contributed by atoms with Crippen LogP contribution in [0.4, 0.5) is 11.4 Å². The smallest absolute Gasteiger partial charge is 0.157 e. The van der Waals surface area contributed by atoms with Gasteiger partial charge in [0.2, 0.25) is 0 Å². The molecule has 3 aromatic heterocycles. The molecule has 0 aliphatic rings. The first-order chi connectivity index (χ1) is 19.2. The summed E-state index contributed by atoms with van der Waals surface area (Å²) in [5, 5.41) is 3.13. The van der Waals surface area contributed by atoms with Crippen LogP contribution in [-0.4, -0.2) is 49.4 Å². The maximum atomic E-state index is 14.1. The van der Waals surface area contributed by atoms with Gasteiger partial charge in [-0.3, -0.25) is 9.55 Å². The molecule has 0 saturated heterocycles. The third kappa shape index (κ3) is 4.44. The van der Waals surface area contributed by atoms with Crippen molar-refractivity contribution in [3.05, 3.63) is 103 Å². The molecule has 0 radical (unpaired) electrons. The fraction of sp³-hybridized carbons (Fsp3) is 0.152. The van der Waals surface area contributed by atoms with E-state index >= 15 is 0 Å². The summed E-state index contributed by atoms with van der Waals surface area (Å²) in [6.07, 6.45) is 3.59. The van der Waals surface area contributed by atoms with E-state index in [0.29, 0.717) is 5.44 Å². The van der Waals surface area contributed by atoms with Gasteiger partial charge in [0.1, 0.15) is 11.3 Å². The zero-order valence-electron chi connectivity index (χ0n) is 23.4. The molecule has 0 fully saturated rings. The van der Waals surface area contributed by atoms with Gasteiger partial charge >= 0.3 is 0 Å². The van der Waals surface area contributed by atoms with E-state index in [-0.39, 0.29) is 0 Å². The molecule has 6 aromatic rings. The second kappa shape index (κ2) is 9.96. The van der Waals surface area contributed by atoms with Crippen molar-refractivity contribution >= 4 is 51.1 Å². The summed E-state index contributed by atoms with van der Waals surface area (Å²) in [6, 6.07) is 31.0. The first-order valence-corrected chi connectivity index (χ1v) is 15.4. The number of rotatable bonds is 6. The monoisotopic (exact) mass is 545 g/mol. The van der Waals surface area contributed by atoms with Crippen LogP contribution >= 0.6 is 7.14 Å². The van der Waals surface area contributed by atoms with Gasteiger partial charge in [-0.2, -0.15) is 0 Å². The van der Waals surface area contributed by atoms with E-state index < -0.39 is 7.14 Å². The third-order valence-electron chi connectivity index (χ3n) is 7.50. The van der Waals surface area contributed by atoms with Crippen LogP contribution in [0.15, 0.2) is 103 Å². The molecule has 7 heteroatoms. The Bertz CT molecular complexity index is 1920. The maximum Gasteiger partial charge on any atom is 0.157 e. The highest BCUT2D eigenvalue weighted by Crippen LogP contribution is 2.40. The number of aromatic nitrogens is 3. The Hall–Kier alpha value is -4.41. The predicted molar refractivity (Wildman–Crippen MR) is 170 cm³/mol. The standard InChI is InChI=1S/C33H32N5OP/c1-36(2)25-15-17-34-32(21-25)38-30-12-7-6-11-28(30)29-14-13-24(20-31(29)38)23-9-8-10-27(19-23)40(5,39)33-22-26(37(3)4)16-18-35-33/h6-22H,1-5H3. The summed E-state index contributed by atoms with van der Waals surface area (Å²) in [6.45, 7) is 1.80. The minimum absolute atomic E-state index is 0.610. The number of anilines is 2. The van der Waals surface area contributed by atoms with Crippen LogP contribution in [0.2, 0.25) is 0 Å². The highest BCUT2D eigenvalue weighted by Gasteiger charge is 2.24. The summed E-state index contributed by atoms with van der Waals surface area (Å²) in [4.78, 5) is 13.3. The Kier molecular flexibility index (Phi) is 6.44. The topological polar surface area (TPSA) is 54.3 Å². The molecule has 1 atom stereocenters. The van der Waals surface area contributed by atoms with E-state index in [9.17, 15) is 4.57 Å². The molecular formula is C33H32N5OP. The molecule has 1 unspecified atom stereocenters. The number of benzene rings is 3. The van der Waals surface area contributed by atoms with Crippen molar-refractivity contribution in [1.82, 2.24) is 14.5 Å². The quantitative estimate of drug-likeness (QED) is 0.230. The first-order valence-electron chi connectivity index (χ1n) is 13.2. The number of hydrogen-bond acceptors (Lipinski definition) is 5. The van der Waals surface area contributed by atoms with Crippen molar-refractivity contribution in [2.75, 3.05) is 44.7 Å². The van der Waals surface area contributed by atoms with Crippen LogP contribution in [0, 0.1) is 0 Å². The van der Waals surface area contributed by atoms with E-state index in [4.69, 9.17) is 4.98 Å². The van der Waals surface area contributed by atoms with E-state index in [1.807, 2.05) is 75.7 Å². The highest BCUT2D eigenvalue weighted by molar-refractivity contribution is 7.77. The lowest BCUT2D eigenvalue weighted by Crippen LogP contribution is -2.20. The van der Waals surface area contributed by atoms with E-state index in [2.05, 4.69) is 69.0 Å². The number of fused-ring (bicyclic) bond motifs is 3. The van der Waals surface area contributed by atoms with Gasteiger partial charge in [-0.05, 0) is 54.2 Å². The summed E-state index contributed by atoms with van der Waals surface area (Å²) < 4.78 is 16.4. The lowest BCUT2D eigenvalue weighted by molar-refractivity contribution is 0.590.